The lowest BCUT2D eigenvalue weighted by atomic mass is 9.90. The van der Waals surface area contributed by atoms with Crippen LogP contribution in [-0.2, 0) is 9.53 Å². The molecule has 43 heavy (non-hydrogen) atoms. The molecular weight excluding hydrogens is 562 g/mol. The molecule has 5 rings (SSSR count). The third-order valence-electron chi connectivity index (χ3n) is 7.75. The van der Waals surface area contributed by atoms with Crippen LogP contribution in [0.25, 0.3) is 16.8 Å². The van der Waals surface area contributed by atoms with Crippen LogP contribution in [0.15, 0.2) is 75.7 Å². The Labute approximate surface area is 254 Å². The molecule has 1 N–H and O–H groups in total. The van der Waals surface area contributed by atoms with Crippen molar-refractivity contribution >= 4 is 39.8 Å². The minimum Gasteiger partial charge on any atom is -0.507 e. The van der Waals surface area contributed by atoms with Gasteiger partial charge in [0.15, 0.2) is 4.80 Å². The summed E-state index contributed by atoms with van der Waals surface area (Å²) in [6.07, 6.45) is 2.98. The highest BCUT2D eigenvalue weighted by Gasteiger charge is 2.37. The van der Waals surface area contributed by atoms with E-state index in [2.05, 4.69) is 18.7 Å². The molecule has 0 radical (unpaired) electrons. The number of benzene rings is 3. The molecule has 0 saturated heterocycles. The molecule has 224 valence electrons. The first-order valence-electron chi connectivity index (χ1n) is 14.7. The van der Waals surface area contributed by atoms with Crippen molar-refractivity contribution in [3.63, 3.8) is 0 Å². The molecule has 8 nitrogen and oxygen atoms in total. The van der Waals surface area contributed by atoms with Crippen molar-refractivity contribution < 1.29 is 19.4 Å². The van der Waals surface area contributed by atoms with Crippen molar-refractivity contribution in [2.75, 3.05) is 31.7 Å². The number of allylic oxidation sites excluding steroid dienone is 1. The number of esters is 1. The van der Waals surface area contributed by atoms with Gasteiger partial charge in [-0.15, -0.1) is 0 Å². The van der Waals surface area contributed by atoms with E-state index < -0.39 is 12.0 Å². The van der Waals surface area contributed by atoms with Gasteiger partial charge in [0, 0.05) is 36.0 Å². The van der Waals surface area contributed by atoms with Crippen molar-refractivity contribution in [3.05, 3.63) is 96.7 Å². The third-order valence-corrected chi connectivity index (χ3v) is 8.73. The average Bonchev–Trinajstić information content (AvgIpc) is 3.32. The highest BCUT2D eigenvalue weighted by molar-refractivity contribution is 7.07. The Kier molecular flexibility index (Phi) is 9.01. The Morgan fingerprint density at radius 2 is 1.86 bits per heavy atom. The van der Waals surface area contributed by atoms with E-state index in [0.717, 1.165) is 36.0 Å². The van der Waals surface area contributed by atoms with E-state index >= 15 is 0 Å². The minimum absolute atomic E-state index is 0.0846. The number of hydrogen-bond donors (Lipinski definition) is 1. The van der Waals surface area contributed by atoms with Crippen molar-refractivity contribution in [3.8, 4) is 11.5 Å². The van der Waals surface area contributed by atoms with Crippen molar-refractivity contribution in [2.24, 2.45) is 4.99 Å². The van der Waals surface area contributed by atoms with Gasteiger partial charge in [-0.2, -0.15) is 0 Å². The molecule has 0 aliphatic carbocycles. The van der Waals surface area contributed by atoms with Gasteiger partial charge in [-0.1, -0.05) is 55.0 Å². The van der Waals surface area contributed by atoms with Gasteiger partial charge in [-0.25, -0.2) is 9.79 Å². The first-order valence-corrected chi connectivity index (χ1v) is 15.5. The van der Waals surface area contributed by atoms with Crippen LogP contribution in [0.3, 0.4) is 0 Å². The van der Waals surface area contributed by atoms with Crippen LogP contribution in [0.2, 0.25) is 0 Å². The van der Waals surface area contributed by atoms with Crippen LogP contribution in [0.4, 0.5) is 5.69 Å². The first kappa shape index (κ1) is 30.1. The molecule has 9 heteroatoms. The van der Waals surface area contributed by atoms with Gasteiger partial charge in [-0.3, -0.25) is 9.36 Å². The third kappa shape index (κ3) is 5.57. The summed E-state index contributed by atoms with van der Waals surface area (Å²) in [5, 5.41) is 12.7. The van der Waals surface area contributed by atoms with Crippen LogP contribution in [-0.4, -0.2) is 42.4 Å². The van der Waals surface area contributed by atoms with E-state index in [-0.39, 0.29) is 17.9 Å². The molecule has 0 unspecified atom stereocenters. The summed E-state index contributed by atoms with van der Waals surface area (Å²) in [7, 11) is 1.59. The summed E-state index contributed by atoms with van der Waals surface area (Å²) in [4.78, 5) is 35.4. The predicted octanol–water partition coefficient (Wildman–Crippen LogP) is 5.29. The maximum absolute atomic E-state index is 14.3. The van der Waals surface area contributed by atoms with Crippen LogP contribution in [0.1, 0.15) is 57.7 Å². The molecule has 0 amide bonds. The van der Waals surface area contributed by atoms with Gasteiger partial charge in [-0.05, 0) is 62.2 Å². The molecular formula is C34H37N3O5S. The van der Waals surface area contributed by atoms with Crippen molar-refractivity contribution in [1.82, 2.24) is 4.57 Å². The predicted molar refractivity (Wildman–Crippen MR) is 172 cm³/mol. The number of phenols is 1. The molecule has 0 fully saturated rings. The van der Waals surface area contributed by atoms with Crippen LogP contribution in [0, 0.1) is 0 Å². The van der Waals surface area contributed by atoms with Gasteiger partial charge >= 0.3 is 5.97 Å². The van der Waals surface area contributed by atoms with E-state index in [4.69, 9.17) is 14.5 Å². The molecule has 1 aliphatic rings. The molecule has 3 aromatic carbocycles. The smallest absolute Gasteiger partial charge is 0.338 e. The van der Waals surface area contributed by atoms with Gasteiger partial charge in [0.1, 0.15) is 17.5 Å². The average molecular weight is 600 g/mol. The molecule has 0 saturated carbocycles. The Hall–Kier alpha value is -4.37. The number of aromatic nitrogens is 1. The quantitative estimate of drug-likeness (QED) is 0.249. The van der Waals surface area contributed by atoms with Crippen LogP contribution < -0.4 is 24.5 Å². The largest absolute Gasteiger partial charge is 0.507 e. The SMILES string of the molecule is CCCC1=C(C(=O)OCC)[C@@H](c2c(OC)ccc3ccccc23)n2c(sc(=Cc3ccc(N(CC)CC)cc3O)c2=O)=N1. The van der Waals surface area contributed by atoms with Crippen LogP contribution >= 0.6 is 11.3 Å². The van der Waals surface area contributed by atoms with Gasteiger partial charge in [0.05, 0.1) is 29.5 Å². The zero-order valence-electron chi connectivity index (χ0n) is 25.2. The second-order valence-electron chi connectivity index (χ2n) is 10.2. The van der Waals surface area contributed by atoms with Gasteiger partial charge in [0.2, 0.25) is 0 Å². The number of carbonyl (C=O) groups is 1. The van der Waals surface area contributed by atoms with E-state index in [9.17, 15) is 14.7 Å². The number of anilines is 1. The van der Waals surface area contributed by atoms with Crippen LogP contribution in [0.5, 0.6) is 11.5 Å². The summed E-state index contributed by atoms with van der Waals surface area (Å²) in [5.74, 6) is 0.137. The lowest BCUT2D eigenvalue weighted by Gasteiger charge is -2.28. The Morgan fingerprint density at radius 3 is 2.53 bits per heavy atom. The standard InChI is InChI=1S/C34H37N3O5S/c1-6-12-25-30(33(40)42-9-4)31(29-24-14-11-10-13-21(24)16-18-27(29)41-5)37-32(39)28(43-34(37)35-25)19-22-15-17-23(20-26(22)38)36(7-2)8-3/h10-11,13-20,31,38H,6-9,12H2,1-5H3/t31-/m1/s1. The van der Waals surface area contributed by atoms with Gasteiger partial charge < -0.3 is 19.5 Å². The maximum Gasteiger partial charge on any atom is 0.338 e. The van der Waals surface area contributed by atoms with Crippen molar-refractivity contribution in [1.29, 1.82) is 0 Å². The second kappa shape index (κ2) is 12.9. The number of thiazole rings is 1. The summed E-state index contributed by atoms with van der Waals surface area (Å²) < 4.78 is 13.4. The summed E-state index contributed by atoms with van der Waals surface area (Å²) in [6.45, 7) is 9.73. The molecule has 0 spiro atoms. The van der Waals surface area contributed by atoms with E-state index in [0.29, 0.717) is 43.9 Å². The zero-order valence-corrected chi connectivity index (χ0v) is 26.0. The fourth-order valence-electron chi connectivity index (χ4n) is 5.71. The van der Waals surface area contributed by atoms with E-state index in [1.54, 1.807) is 30.7 Å². The first-order chi connectivity index (χ1) is 20.9. The molecule has 0 bridgehead atoms. The number of carbonyl (C=O) groups excluding carboxylic acids is 1. The molecule has 1 aromatic heterocycles. The number of fused-ring (bicyclic) bond motifs is 2. The maximum atomic E-state index is 14.3. The fourth-order valence-corrected chi connectivity index (χ4v) is 6.72. The molecule has 2 heterocycles. The Balaban J connectivity index is 1.80. The number of aromatic hydroxyl groups is 1. The van der Waals surface area contributed by atoms with Gasteiger partial charge in [0.25, 0.3) is 5.56 Å². The number of nitrogens with zero attached hydrogens (tertiary/aromatic N) is 3. The van der Waals surface area contributed by atoms with Crippen molar-refractivity contribution in [2.45, 2.75) is 46.6 Å². The highest BCUT2D eigenvalue weighted by atomic mass is 32.1. The molecule has 4 aromatic rings. The summed E-state index contributed by atoms with van der Waals surface area (Å²) >= 11 is 1.24. The second-order valence-corrected chi connectivity index (χ2v) is 11.2. The summed E-state index contributed by atoms with van der Waals surface area (Å²) in [6, 6.07) is 16.3. The zero-order chi connectivity index (χ0) is 30.7. The highest BCUT2D eigenvalue weighted by Crippen LogP contribution is 2.41. The normalized spacial score (nSPS) is 14.9. The Bertz CT molecular complexity index is 1880. The summed E-state index contributed by atoms with van der Waals surface area (Å²) in [5.41, 5.74) is 2.76. The fraction of sp³-hybridized carbons (Fsp3) is 0.324. The monoisotopic (exact) mass is 599 g/mol. The minimum atomic E-state index is -0.821. The molecule has 1 aliphatic heterocycles. The lowest BCUT2D eigenvalue weighted by molar-refractivity contribution is -0.139. The van der Waals surface area contributed by atoms with E-state index in [1.807, 2.05) is 55.5 Å². The number of ether oxygens (including phenoxy) is 2. The number of hydrogen-bond acceptors (Lipinski definition) is 8. The number of methoxy groups -OCH3 is 1. The lowest BCUT2D eigenvalue weighted by Crippen LogP contribution is -2.40. The molecule has 1 atom stereocenters. The number of rotatable bonds is 10. The topological polar surface area (TPSA) is 93.4 Å². The Morgan fingerprint density at radius 1 is 1.09 bits per heavy atom. The van der Waals surface area contributed by atoms with E-state index in [1.165, 1.54) is 11.3 Å². The number of phenolic OH excluding ortho intramolecular Hbond substituents is 1.